The summed E-state index contributed by atoms with van der Waals surface area (Å²) in [5.74, 6) is -0.880. The van der Waals surface area contributed by atoms with E-state index in [9.17, 15) is 9.59 Å². The Hall–Kier alpha value is -1.26. The van der Waals surface area contributed by atoms with Gasteiger partial charge in [-0.2, -0.15) is 0 Å². The van der Waals surface area contributed by atoms with Crippen molar-refractivity contribution < 1.29 is 14.7 Å². The monoisotopic (exact) mass is 298 g/mol. The van der Waals surface area contributed by atoms with Gasteiger partial charge in [-0.25, -0.2) is 4.79 Å². The average Bonchev–Trinajstić information content (AvgIpc) is 3.04. The van der Waals surface area contributed by atoms with Crippen molar-refractivity contribution in [1.29, 1.82) is 0 Å². The number of nitrogens with one attached hydrogen (secondary N) is 2. The SMILES string of the molecule is CCCC1(CNC(=O)NC(CC(=O)O)CC(C)(C)C)CC1. The number of carboxylic acids is 1. The zero-order chi connectivity index (χ0) is 16.1. The van der Waals surface area contributed by atoms with E-state index in [1.54, 1.807) is 0 Å². The summed E-state index contributed by atoms with van der Waals surface area (Å²) in [4.78, 5) is 22.9. The Kier molecular flexibility index (Phi) is 6.05. The third-order valence-electron chi connectivity index (χ3n) is 3.98. The van der Waals surface area contributed by atoms with Crippen molar-refractivity contribution in [3.8, 4) is 0 Å². The van der Waals surface area contributed by atoms with Gasteiger partial charge >= 0.3 is 12.0 Å². The van der Waals surface area contributed by atoms with E-state index in [1.807, 2.05) is 20.8 Å². The molecule has 1 rings (SSSR count). The first-order valence-corrected chi connectivity index (χ1v) is 7.92. The van der Waals surface area contributed by atoms with E-state index in [1.165, 1.54) is 12.8 Å². The summed E-state index contributed by atoms with van der Waals surface area (Å²) < 4.78 is 0. The molecule has 122 valence electrons. The molecule has 1 saturated carbocycles. The van der Waals surface area contributed by atoms with Gasteiger partial charge in [0.15, 0.2) is 0 Å². The highest BCUT2D eigenvalue weighted by molar-refractivity contribution is 5.75. The topological polar surface area (TPSA) is 78.4 Å². The third kappa shape index (κ3) is 7.34. The molecule has 0 aromatic carbocycles. The molecule has 1 atom stereocenters. The number of carbonyl (C=O) groups is 2. The second-order valence-corrected chi connectivity index (χ2v) is 7.64. The summed E-state index contributed by atoms with van der Waals surface area (Å²) >= 11 is 0. The molecule has 0 aliphatic heterocycles. The highest BCUT2D eigenvalue weighted by Gasteiger charge is 2.41. The Bertz CT molecular complexity index is 370. The fourth-order valence-corrected chi connectivity index (χ4v) is 2.85. The van der Waals surface area contributed by atoms with Crippen LogP contribution in [-0.4, -0.2) is 29.7 Å². The molecular weight excluding hydrogens is 268 g/mol. The van der Waals surface area contributed by atoms with Gasteiger partial charge in [0.25, 0.3) is 0 Å². The highest BCUT2D eigenvalue weighted by atomic mass is 16.4. The molecule has 0 saturated heterocycles. The van der Waals surface area contributed by atoms with Gasteiger partial charge < -0.3 is 15.7 Å². The molecule has 0 spiro atoms. The number of amides is 2. The van der Waals surface area contributed by atoms with Crippen molar-refractivity contribution >= 4 is 12.0 Å². The van der Waals surface area contributed by atoms with E-state index in [2.05, 4.69) is 17.6 Å². The minimum Gasteiger partial charge on any atom is -0.481 e. The van der Waals surface area contributed by atoms with Crippen LogP contribution in [-0.2, 0) is 4.79 Å². The number of carboxylic acid groups (broad SMARTS) is 1. The van der Waals surface area contributed by atoms with Gasteiger partial charge in [0.05, 0.1) is 6.42 Å². The lowest BCUT2D eigenvalue weighted by Crippen LogP contribution is -2.46. The molecular formula is C16H30N2O3. The fourth-order valence-electron chi connectivity index (χ4n) is 2.85. The van der Waals surface area contributed by atoms with Crippen LogP contribution in [0.5, 0.6) is 0 Å². The van der Waals surface area contributed by atoms with Gasteiger partial charge in [-0.15, -0.1) is 0 Å². The van der Waals surface area contributed by atoms with Crippen molar-refractivity contribution in [3.63, 3.8) is 0 Å². The van der Waals surface area contributed by atoms with Crippen molar-refractivity contribution in [2.24, 2.45) is 10.8 Å². The lowest BCUT2D eigenvalue weighted by Gasteiger charge is -2.26. The lowest BCUT2D eigenvalue weighted by atomic mass is 9.87. The third-order valence-corrected chi connectivity index (χ3v) is 3.98. The minimum atomic E-state index is -0.880. The molecule has 2 amide bonds. The zero-order valence-corrected chi connectivity index (χ0v) is 13.8. The summed E-state index contributed by atoms with van der Waals surface area (Å²) in [6.45, 7) is 8.99. The second kappa shape index (κ2) is 7.14. The van der Waals surface area contributed by atoms with E-state index in [0.717, 1.165) is 12.8 Å². The van der Waals surface area contributed by atoms with Crippen LogP contribution in [0, 0.1) is 10.8 Å². The number of urea groups is 1. The number of hydrogen-bond donors (Lipinski definition) is 3. The molecule has 5 heteroatoms. The van der Waals surface area contributed by atoms with Gasteiger partial charge in [0.2, 0.25) is 0 Å². The van der Waals surface area contributed by atoms with Gasteiger partial charge in [0, 0.05) is 12.6 Å². The predicted molar refractivity (Wildman–Crippen MR) is 83.2 cm³/mol. The molecule has 0 heterocycles. The van der Waals surface area contributed by atoms with Crippen LogP contribution in [0.1, 0.15) is 66.2 Å². The summed E-state index contributed by atoms with van der Waals surface area (Å²) in [5, 5.41) is 14.7. The second-order valence-electron chi connectivity index (χ2n) is 7.64. The van der Waals surface area contributed by atoms with Crippen LogP contribution in [0.2, 0.25) is 0 Å². The first kappa shape index (κ1) is 17.8. The summed E-state index contributed by atoms with van der Waals surface area (Å²) in [5.41, 5.74) is 0.283. The van der Waals surface area contributed by atoms with Crippen LogP contribution in [0.4, 0.5) is 4.79 Å². The fraction of sp³-hybridized carbons (Fsp3) is 0.875. The Morgan fingerprint density at radius 2 is 1.90 bits per heavy atom. The number of hydrogen-bond acceptors (Lipinski definition) is 2. The largest absolute Gasteiger partial charge is 0.481 e. The Morgan fingerprint density at radius 3 is 2.33 bits per heavy atom. The van der Waals surface area contributed by atoms with Crippen molar-refractivity contribution in [3.05, 3.63) is 0 Å². The van der Waals surface area contributed by atoms with Crippen LogP contribution in [0.15, 0.2) is 0 Å². The van der Waals surface area contributed by atoms with E-state index in [4.69, 9.17) is 5.11 Å². The highest BCUT2D eigenvalue weighted by Crippen LogP contribution is 2.48. The number of aliphatic carboxylic acids is 1. The smallest absolute Gasteiger partial charge is 0.315 e. The Balaban J connectivity index is 2.42. The summed E-state index contributed by atoms with van der Waals surface area (Å²) in [6, 6.07) is -0.572. The number of carbonyl (C=O) groups excluding carboxylic acids is 1. The quantitative estimate of drug-likeness (QED) is 0.644. The maximum Gasteiger partial charge on any atom is 0.315 e. The molecule has 0 radical (unpaired) electrons. The molecule has 5 nitrogen and oxygen atoms in total. The first-order valence-electron chi connectivity index (χ1n) is 7.92. The van der Waals surface area contributed by atoms with E-state index < -0.39 is 5.97 Å². The molecule has 0 bridgehead atoms. The number of rotatable bonds is 8. The van der Waals surface area contributed by atoms with E-state index >= 15 is 0 Å². The van der Waals surface area contributed by atoms with Crippen LogP contribution < -0.4 is 10.6 Å². The molecule has 1 unspecified atom stereocenters. The zero-order valence-electron chi connectivity index (χ0n) is 13.8. The first-order chi connectivity index (χ1) is 9.66. The van der Waals surface area contributed by atoms with Crippen molar-refractivity contribution in [2.75, 3.05) is 6.54 Å². The normalized spacial score (nSPS) is 17.9. The van der Waals surface area contributed by atoms with Crippen LogP contribution in [0.3, 0.4) is 0 Å². The van der Waals surface area contributed by atoms with Gasteiger partial charge in [-0.3, -0.25) is 4.79 Å². The molecule has 0 aromatic rings. The standard InChI is InChI=1S/C16H30N2O3/c1-5-6-16(7-8-16)11-17-14(21)18-12(9-13(19)20)10-15(2,3)4/h12H,5-11H2,1-4H3,(H,19,20)(H2,17,18,21). The molecule has 1 aliphatic carbocycles. The molecule has 1 aliphatic rings. The summed E-state index contributed by atoms with van der Waals surface area (Å²) in [6.07, 6.45) is 5.25. The maximum absolute atomic E-state index is 12.0. The van der Waals surface area contributed by atoms with Gasteiger partial charge in [-0.1, -0.05) is 34.1 Å². The predicted octanol–water partition coefficient (Wildman–Crippen LogP) is 3.15. The van der Waals surface area contributed by atoms with Gasteiger partial charge in [0.1, 0.15) is 0 Å². The van der Waals surface area contributed by atoms with Crippen molar-refractivity contribution in [1.82, 2.24) is 10.6 Å². The molecule has 21 heavy (non-hydrogen) atoms. The summed E-state index contributed by atoms with van der Waals surface area (Å²) in [7, 11) is 0. The Morgan fingerprint density at radius 1 is 1.29 bits per heavy atom. The van der Waals surface area contributed by atoms with Crippen LogP contribution >= 0.6 is 0 Å². The average molecular weight is 298 g/mol. The Labute approximate surface area is 127 Å². The van der Waals surface area contributed by atoms with Crippen molar-refractivity contribution in [2.45, 2.75) is 72.3 Å². The minimum absolute atomic E-state index is 0.0205. The molecule has 3 N–H and O–H groups in total. The molecule has 0 aromatic heterocycles. The lowest BCUT2D eigenvalue weighted by molar-refractivity contribution is -0.137. The maximum atomic E-state index is 12.0. The van der Waals surface area contributed by atoms with Crippen LogP contribution in [0.25, 0.3) is 0 Å². The van der Waals surface area contributed by atoms with E-state index in [-0.39, 0.29) is 23.9 Å². The molecule has 1 fully saturated rings. The van der Waals surface area contributed by atoms with Gasteiger partial charge in [-0.05, 0) is 36.5 Å². The van der Waals surface area contributed by atoms with E-state index in [0.29, 0.717) is 18.4 Å².